The number of rotatable bonds is 5. The molecule has 0 saturated heterocycles. The average Bonchev–Trinajstić information content (AvgIpc) is 3.03. The second-order valence-corrected chi connectivity index (χ2v) is 8.69. The molecule has 0 fully saturated rings. The van der Waals surface area contributed by atoms with Crippen molar-refractivity contribution in [1.82, 2.24) is 9.38 Å². The highest BCUT2D eigenvalue weighted by molar-refractivity contribution is 7.97. The molecule has 1 aromatic carbocycles. The molecule has 4 aromatic rings. The van der Waals surface area contributed by atoms with E-state index in [1.807, 2.05) is 31.4 Å². The number of thioether (sulfide) groups is 1. The fraction of sp³-hybridized carbons (Fsp3) is 0.250. The van der Waals surface area contributed by atoms with E-state index in [1.54, 1.807) is 22.2 Å². The van der Waals surface area contributed by atoms with E-state index < -0.39 is 0 Å². The molecule has 0 aliphatic carbocycles. The minimum absolute atomic E-state index is 0.0657. The van der Waals surface area contributed by atoms with Crippen LogP contribution in [0.1, 0.15) is 29.4 Å². The van der Waals surface area contributed by atoms with Gasteiger partial charge in [0.05, 0.1) is 5.69 Å². The van der Waals surface area contributed by atoms with Crippen LogP contribution in [0.5, 0.6) is 0 Å². The van der Waals surface area contributed by atoms with Crippen molar-refractivity contribution >= 4 is 50.6 Å². The van der Waals surface area contributed by atoms with Crippen LogP contribution in [0, 0.1) is 6.92 Å². The Labute approximate surface area is 174 Å². The van der Waals surface area contributed by atoms with E-state index in [1.165, 1.54) is 17.4 Å². The van der Waals surface area contributed by atoms with Crippen LogP contribution >= 0.6 is 34.7 Å². The van der Waals surface area contributed by atoms with Crippen LogP contribution in [0.4, 0.5) is 0 Å². The normalized spacial score (nSPS) is 11.5. The number of benzene rings is 1. The number of aryl methyl sites for hydroxylation is 2. The second-order valence-electron chi connectivity index (χ2n) is 6.46. The van der Waals surface area contributed by atoms with Crippen molar-refractivity contribution in [1.29, 1.82) is 0 Å². The molecule has 3 heterocycles. The Morgan fingerprint density at radius 1 is 1.18 bits per heavy atom. The summed E-state index contributed by atoms with van der Waals surface area (Å²) in [7, 11) is 0. The van der Waals surface area contributed by atoms with E-state index in [4.69, 9.17) is 16.0 Å². The third kappa shape index (κ3) is 3.62. The Morgan fingerprint density at radius 2 is 2.00 bits per heavy atom. The fourth-order valence-electron chi connectivity index (χ4n) is 3.12. The van der Waals surface area contributed by atoms with E-state index in [0.29, 0.717) is 27.1 Å². The number of thiazole rings is 1. The number of fused-ring (bicyclic) bond motifs is 2. The highest BCUT2D eigenvalue weighted by atomic mass is 35.5. The summed E-state index contributed by atoms with van der Waals surface area (Å²) in [6, 6.07) is 6.77. The van der Waals surface area contributed by atoms with Crippen molar-refractivity contribution in [2.75, 3.05) is 0 Å². The number of nitrogens with zero attached hydrogens (tertiary/aromatic N) is 2. The first-order valence-electron chi connectivity index (χ1n) is 8.76. The molecule has 4 rings (SSSR count). The maximum Gasteiger partial charge on any atom is 0.336 e. The molecule has 0 atom stereocenters. The first-order valence-corrected chi connectivity index (χ1v) is 11.2. The Hall–Kier alpha value is -2.09. The van der Waals surface area contributed by atoms with Crippen LogP contribution in [0.15, 0.2) is 43.7 Å². The van der Waals surface area contributed by atoms with Crippen molar-refractivity contribution in [3.05, 3.63) is 78.0 Å². The summed E-state index contributed by atoms with van der Waals surface area (Å²) in [4.78, 5) is 29.5. The van der Waals surface area contributed by atoms with Gasteiger partial charge < -0.3 is 4.42 Å². The van der Waals surface area contributed by atoms with Crippen molar-refractivity contribution in [3.8, 4) is 0 Å². The lowest BCUT2D eigenvalue weighted by Crippen LogP contribution is -2.14. The fourth-order valence-corrected chi connectivity index (χ4v) is 5.23. The van der Waals surface area contributed by atoms with Crippen molar-refractivity contribution in [2.24, 2.45) is 0 Å². The Bertz CT molecular complexity index is 1310. The van der Waals surface area contributed by atoms with Gasteiger partial charge in [-0.1, -0.05) is 18.5 Å². The van der Waals surface area contributed by atoms with E-state index in [0.717, 1.165) is 34.3 Å². The van der Waals surface area contributed by atoms with Crippen molar-refractivity contribution in [3.63, 3.8) is 0 Å². The Kier molecular flexibility index (Phi) is 5.31. The summed E-state index contributed by atoms with van der Waals surface area (Å²) in [5, 5.41) is 3.43. The van der Waals surface area contributed by atoms with E-state index in [2.05, 4.69) is 4.98 Å². The van der Waals surface area contributed by atoms with E-state index in [-0.39, 0.29) is 11.2 Å². The first kappa shape index (κ1) is 19.2. The second kappa shape index (κ2) is 7.73. The van der Waals surface area contributed by atoms with Crippen LogP contribution in [0.3, 0.4) is 0 Å². The molecule has 0 bridgehead atoms. The van der Waals surface area contributed by atoms with Gasteiger partial charge in [0, 0.05) is 45.1 Å². The van der Waals surface area contributed by atoms with Gasteiger partial charge in [-0.25, -0.2) is 9.78 Å². The molecule has 0 radical (unpaired) electrons. The van der Waals surface area contributed by atoms with Gasteiger partial charge in [0.15, 0.2) is 4.96 Å². The SMILES string of the molecule is CCc1cc2oc(=O)cc(CSCc3cc(=O)n4c(C)csc4n3)c2cc1Cl. The smallest absolute Gasteiger partial charge is 0.336 e. The average molecular weight is 433 g/mol. The molecule has 0 N–H and O–H groups in total. The highest BCUT2D eigenvalue weighted by Crippen LogP contribution is 2.28. The maximum absolute atomic E-state index is 12.3. The largest absolute Gasteiger partial charge is 0.423 e. The summed E-state index contributed by atoms with van der Waals surface area (Å²) < 4.78 is 6.97. The first-order chi connectivity index (χ1) is 13.5. The molecule has 0 amide bonds. The quantitative estimate of drug-likeness (QED) is 0.423. The van der Waals surface area contributed by atoms with Gasteiger partial charge in [-0.15, -0.1) is 11.3 Å². The monoisotopic (exact) mass is 432 g/mol. The van der Waals surface area contributed by atoms with Gasteiger partial charge in [0.1, 0.15) is 5.58 Å². The number of aromatic nitrogens is 2. The van der Waals surface area contributed by atoms with Crippen LogP contribution in [0.2, 0.25) is 5.02 Å². The van der Waals surface area contributed by atoms with Gasteiger partial charge >= 0.3 is 5.63 Å². The molecule has 0 saturated carbocycles. The lowest BCUT2D eigenvalue weighted by atomic mass is 10.1. The lowest BCUT2D eigenvalue weighted by Gasteiger charge is -2.08. The van der Waals surface area contributed by atoms with Crippen LogP contribution in [-0.2, 0) is 17.9 Å². The molecular formula is C20H17ClN2O3S2. The topological polar surface area (TPSA) is 64.6 Å². The minimum Gasteiger partial charge on any atom is -0.423 e. The zero-order valence-corrected chi connectivity index (χ0v) is 17.7. The molecule has 5 nitrogen and oxygen atoms in total. The van der Waals surface area contributed by atoms with Crippen molar-refractivity contribution in [2.45, 2.75) is 31.8 Å². The summed E-state index contributed by atoms with van der Waals surface area (Å²) >= 11 is 9.40. The summed E-state index contributed by atoms with van der Waals surface area (Å²) in [5.41, 5.74) is 3.55. The van der Waals surface area contributed by atoms with Crippen LogP contribution in [0.25, 0.3) is 15.9 Å². The Balaban J connectivity index is 1.60. The molecule has 0 aliphatic rings. The van der Waals surface area contributed by atoms with Gasteiger partial charge in [-0.3, -0.25) is 9.20 Å². The third-order valence-electron chi connectivity index (χ3n) is 4.51. The van der Waals surface area contributed by atoms with E-state index >= 15 is 0 Å². The summed E-state index contributed by atoms with van der Waals surface area (Å²) in [6.45, 7) is 3.90. The lowest BCUT2D eigenvalue weighted by molar-refractivity contribution is 0.559. The maximum atomic E-state index is 12.3. The molecule has 3 aromatic heterocycles. The molecule has 28 heavy (non-hydrogen) atoms. The predicted molar refractivity (Wildman–Crippen MR) is 116 cm³/mol. The molecule has 0 unspecified atom stereocenters. The number of hydrogen-bond acceptors (Lipinski definition) is 6. The molecular weight excluding hydrogens is 416 g/mol. The van der Waals surface area contributed by atoms with Gasteiger partial charge in [-0.2, -0.15) is 11.8 Å². The van der Waals surface area contributed by atoms with Crippen molar-refractivity contribution < 1.29 is 4.42 Å². The zero-order chi connectivity index (χ0) is 19.8. The highest BCUT2D eigenvalue weighted by Gasteiger charge is 2.11. The molecule has 144 valence electrons. The predicted octanol–water partition coefficient (Wildman–Crippen LogP) is 4.82. The van der Waals surface area contributed by atoms with Gasteiger partial charge in [0.2, 0.25) is 0 Å². The van der Waals surface area contributed by atoms with Gasteiger partial charge in [0.25, 0.3) is 5.56 Å². The number of hydrogen-bond donors (Lipinski definition) is 0. The molecule has 8 heteroatoms. The standard InChI is InChI=1S/C20H17ClN2O3S2/c1-3-12-4-17-15(7-16(12)21)13(5-19(25)26-17)9-27-10-14-6-18(24)23-11(2)8-28-20(23)22-14/h4-8H,3,9-10H2,1-2H3. The van der Waals surface area contributed by atoms with E-state index in [9.17, 15) is 9.59 Å². The van der Waals surface area contributed by atoms with Crippen LogP contribution < -0.4 is 11.2 Å². The zero-order valence-electron chi connectivity index (χ0n) is 15.3. The molecule has 0 spiro atoms. The summed E-state index contributed by atoms with van der Waals surface area (Å²) in [5.74, 6) is 1.17. The van der Waals surface area contributed by atoms with Crippen LogP contribution in [-0.4, -0.2) is 9.38 Å². The summed E-state index contributed by atoms with van der Waals surface area (Å²) in [6.07, 6.45) is 0.767. The molecule has 0 aliphatic heterocycles. The minimum atomic E-state index is -0.376. The van der Waals surface area contributed by atoms with Gasteiger partial charge in [-0.05, 0) is 36.6 Å². The number of halogens is 1. The Morgan fingerprint density at radius 3 is 2.79 bits per heavy atom. The third-order valence-corrected chi connectivity index (χ3v) is 6.82.